The third-order valence-corrected chi connectivity index (χ3v) is 5.74. The SMILES string of the molecule is O=C1OC2(COC(=O)N3CCCCC3)CCC3CC2C13. The molecule has 0 aromatic carbocycles. The monoisotopic (exact) mass is 279 g/mol. The molecule has 4 bridgehead atoms. The van der Waals surface area contributed by atoms with Crippen LogP contribution in [0.1, 0.15) is 38.5 Å². The summed E-state index contributed by atoms with van der Waals surface area (Å²) in [6, 6.07) is 0. The molecule has 1 amide bonds. The zero-order valence-corrected chi connectivity index (χ0v) is 11.7. The van der Waals surface area contributed by atoms with Crippen LogP contribution in [0.5, 0.6) is 0 Å². The van der Waals surface area contributed by atoms with Crippen molar-refractivity contribution in [1.82, 2.24) is 4.90 Å². The molecule has 5 heteroatoms. The minimum atomic E-state index is -0.498. The second-order valence-electron chi connectivity index (χ2n) is 6.75. The quantitative estimate of drug-likeness (QED) is 0.725. The second kappa shape index (κ2) is 4.37. The van der Waals surface area contributed by atoms with Crippen molar-refractivity contribution < 1.29 is 19.1 Å². The van der Waals surface area contributed by atoms with Crippen molar-refractivity contribution >= 4 is 12.1 Å². The summed E-state index contributed by atoms with van der Waals surface area (Å²) in [7, 11) is 0. The molecule has 5 rings (SSSR count). The Morgan fingerprint density at radius 2 is 2.15 bits per heavy atom. The number of hydrogen-bond acceptors (Lipinski definition) is 4. The Morgan fingerprint density at radius 1 is 1.35 bits per heavy atom. The summed E-state index contributed by atoms with van der Waals surface area (Å²) in [5.74, 6) is 0.860. The molecule has 4 unspecified atom stereocenters. The van der Waals surface area contributed by atoms with E-state index in [1.165, 1.54) is 6.42 Å². The largest absolute Gasteiger partial charge is 0.455 e. The predicted octanol–water partition coefficient (Wildman–Crippen LogP) is 1.95. The molecule has 0 spiro atoms. The van der Waals surface area contributed by atoms with Crippen LogP contribution in [-0.4, -0.2) is 42.3 Å². The van der Waals surface area contributed by atoms with Gasteiger partial charge < -0.3 is 14.4 Å². The number of piperidine rings is 1. The summed E-state index contributed by atoms with van der Waals surface area (Å²) in [5, 5.41) is 0. The Morgan fingerprint density at radius 3 is 2.90 bits per heavy atom. The number of ether oxygens (including phenoxy) is 2. The number of hydrogen-bond donors (Lipinski definition) is 0. The van der Waals surface area contributed by atoms with Crippen molar-refractivity contribution in [1.29, 1.82) is 0 Å². The van der Waals surface area contributed by atoms with Crippen LogP contribution < -0.4 is 0 Å². The van der Waals surface area contributed by atoms with Gasteiger partial charge in [0.1, 0.15) is 12.2 Å². The molecule has 2 saturated heterocycles. The van der Waals surface area contributed by atoms with Gasteiger partial charge >= 0.3 is 12.1 Å². The van der Waals surface area contributed by atoms with Gasteiger partial charge in [-0.25, -0.2) is 4.79 Å². The molecule has 20 heavy (non-hydrogen) atoms. The Bertz CT molecular complexity index is 443. The van der Waals surface area contributed by atoms with Gasteiger partial charge in [-0.1, -0.05) is 0 Å². The van der Waals surface area contributed by atoms with Gasteiger partial charge in [0.05, 0.1) is 5.92 Å². The smallest absolute Gasteiger partial charge is 0.409 e. The van der Waals surface area contributed by atoms with Crippen LogP contribution in [0.3, 0.4) is 0 Å². The van der Waals surface area contributed by atoms with E-state index in [0.29, 0.717) is 11.8 Å². The minimum absolute atomic E-state index is 0.0576. The average molecular weight is 279 g/mol. The van der Waals surface area contributed by atoms with Gasteiger partial charge in [-0.2, -0.15) is 0 Å². The highest BCUT2D eigenvalue weighted by molar-refractivity contribution is 5.78. The summed E-state index contributed by atoms with van der Waals surface area (Å²) >= 11 is 0. The molecule has 2 aliphatic heterocycles. The van der Waals surface area contributed by atoms with Crippen molar-refractivity contribution in [3.8, 4) is 0 Å². The average Bonchev–Trinajstić information content (AvgIpc) is 2.59. The molecule has 4 atom stereocenters. The van der Waals surface area contributed by atoms with Gasteiger partial charge in [0.2, 0.25) is 0 Å². The lowest BCUT2D eigenvalue weighted by Gasteiger charge is -2.49. The maximum atomic E-state index is 12.1. The first-order valence-electron chi connectivity index (χ1n) is 7.84. The maximum Gasteiger partial charge on any atom is 0.409 e. The summed E-state index contributed by atoms with van der Waals surface area (Å²) < 4.78 is 11.1. The molecule has 0 aromatic heterocycles. The van der Waals surface area contributed by atoms with E-state index in [2.05, 4.69) is 0 Å². The standard InChI is InChI=1S/C15H21NO4/c17-13-12-10-4-5-15(20-13,11(12)8-10)9-19-14(18)16-6-2-1-3-7-16/h10-12H,1-9H2. The van der Waals surface area contributed by atoms with Crippen molar-refractivity contribution in [3.63, 3.8) is 0 Å². The van der Waals surface area contributed by atoms with E-state index >= 15 is 0 Å². The zero-order chi connectivity index (χ0) is 13.7. The summed E-state index contributed by atoms with van der Waals surface area (Å²) in [6.45, 7) is 1.83. The van der Waals surface area contributed by atoms with Crippen LogP contribution in [-0.2, 0) is 14.3 Å². The van der Waals surface area contributed by atoms with E-state index < -0.39 is 5.60 Å². The Kier molecular flexibility index (Phi) is 2.72. The van der Waals surface area contributed by atoms with E-state index in [4.69, 9.17) is 9.47 Å². The molecule has 3 aliphatic carbocycles. The van der Waals surface area contributed by atoms with Gasteiger partial charge in [0.15, 0.2) is 0 Å². The van der Waals surface area contributed by atoms with Crippen LogP contribution in [0.4, 0.5) is 4.79 Å². The molecule has 3 saturated carbocycles. The van der Waals surface area contributed by atoms with Gasteiger partial charge in [0.25, 0.3) is 0 Å². The lowest BCUT2D eigenvalue weighted by atomic mass is 9.53. The number of esters is 1. The van der Waals surface area contributed by atoms with Gasteiger partial charge in [0, 0.05) is 19.0 Å². The minimum Gasteiger partial charge on any atom is -0.455 e. The third kappa shape index (κ3) is 1.68. The number of rotatable bonds is 2. The molecule has 0 radical (unpaired) electrons. The van der Waals surface area contributed by atoms with Gasteiger partial charge in [-0.15, -0.1) is 0 Å². The maximum absolute atomic E-state index is 12.1. The molecule has 110 valence electrons. The number of carbonyl (C=O) groups excluding carboxylic acids is 2. The van der Waals surface area contributed by atoms with Crippen LogP contribution in [0.15, 0.2) is 0 Å². The summed E-state index contributed by atoms with van der Waals surface area (Å²) in [5.41, 5.74) is -0.498. The van der Waals surface area contributed by atoms with Crippen molar-refractivity contribution in [2.75, 3.05) is 19.7 Å². The van der Waals surface area contributed by atoms with E-state index in [0.717, 1.165) is 45.2 Å². The first kappa shape index (κ1) is 12.5. The Hall–Kier alpha value is -1.26. The van der Waals surface area contributed by atoms with Crippen molar-refractivity contribution in [2.24, 2.45) is 17.8 Å². The summed E-state index contributed by atoms with van der Waals surface area (Å²) in [4.78, 5) is 25.7. The molecule has 5 fully saturated rings. The molecule has 5 nitrogen and oxygen atoms in total. The van der Waals surface area contributed by atoms with Crippen LogP contribution in [0, 0.1) is 17.8 Å². The number of fused-ring (bicyclic) bond motifs is 1. The highest BCUT2D eigenvalue weighted by Crippen LogP contribution is 2.61. The lowest BCUT2D eigenvalue weighted by Crippen LogP contribution is -2.54. The topological polar surface area (TPSA) is 55.8 Å². The molecular formula is C15H21NO4. The number of carbonyl (C=O) groups is 2. The first-order chi connectivity index (χ1) is 9.70. The second-order valence-corrected chi connectivity index (χ2v) is 6.75. The number of amides is 1. The molecule has 0 N–H and O–H groups in total. The van der Waals surface area contributed by atoms with Gasteiger partial charge in [-0.05, 0) is 44.4 Å². The number of nitrogens with zero attached hydrogens (tertiary/aromatic N) is 1. The van der Waals surface area contributed by atoms with Crippen LogP contribution in [0.25, 0.3) is 0 Å². The molecule has 0 aromatic rings. The van der Waals surface area contributed by atoms with E-state index in [-0.39, 0.29) is 24.6 Å². The number of likely N-dealkylation sites (tertiary alicyclic amines) is 1. The van der Waals surface area contributed by atoms with Gasteiger partial charge in [-0.3, -0.25) is 4.79 Å². The predicted molar refractivity (Wildman–Crippen MR) is 69.9 cm³/mol. The normalized spacial score (nSPS) is 41.9. The Balaban J connectivity index is 1.39. The Labute approximate surface area is 118 Å². The fourth-order valence-electron chi connectivity index (χ4n) is 4.52. The lowest BCUT2D eigenvalue weighted by molar-refractivity contribution is -0.154. The van der Waals surface area contributed by atoms with E-state index in [9.17, 15) is 9.59 Å². The van der Waals surface area contributed by atoms with Crippen molar-refractivity contribution in [3.05, 3.63) is 0 Å². The fraction of sp³-hybridized carbons (Fsp3) is 0.867. The van der Waals surface area contributed by atoms with Crippen LogP contribution >= 0.6 is 0 Å². The van der Waals surface area contributed by atoms with E-state index in [1.807, 2.05) is 0 Å². The molecule has 2 heterocycles. The highest BCUT2D eigenvalue weighted by Gasteiger charge is 2.67. The molecular weight excluding hydrogens is 258 g/mol. The van der Waals surface area contributed by atoms with Crippen molar-refractivity contribution in [2.45, 2.75) is 44.1 Å². The van der Waals surface area contributed by atoms with Crippen LogP contribution in [0.2, 0.25) is 0 Å². The fourth-order valence-corrected chi connectivity index (χ4v) is 4.52. The molecule has 5 aliphatic rings. The van der Waals surface area contributed by atoms with E-state index in [1.54, 1.807) is 4.90 Å². The summed E-state index contributed by atoms with van der Waals surface area (Å²) in [6.07, 6.45) is 6.03. The first-order valence-corrected chi connectivity index (χ1v) is 7.84. The highest BCUT2D eigenvalue weighted by atomic mass is 16.6. The zero-order valence-electron chi connectivity index (χ0n) is 11.7. The third-order valence-electron chi connectivity index (χ3n) is 5.74.